The first kappa shape index (κ1) is 15.6. The number of nitrogens with zero attached hydrogens (tertiary/aromatic N) is 1. The topological polar surface area (TPSA) is 67.9 Å². The van der Waals surface area contributed by atoms with Gasteiger partial charge in [-0.3, -0.25) is 9.59 Å². The van der Waals surface area contributed by atoms with Crippen LogP contribution in [0, 0.1) is 0 Å². The highest BCUT2D eigenvalue weighted by atomic mass is 16.5. The summed E-state index contributed by atoms with van der Waals surface area (Å²) in [6.45, 7) is 0.585. The molecule has 0 radical (unpaired) electrons. The molecule has 1 aromatic rings. The third kappa shape index (κ3) is 3.11. The van der Waals surface area contributed by atoms with Crippen LogP contribution in [0.4, 0.5) is 0 Å². The molecule has 1 aliphatic heterocycles. The number of carbonyl (C=O) groups is 2. The van der Waals surface area contributed by atoms with Crippen LogP contribution in [-0.4, -0.2) is 49.6 Å². The summed E-state index contributed by atoms with van der Waals surface area (Å²) in [5.74, 6) is 0.694. The Balaban J connectivity index is 1.82. The standard InChI is InChI=1S/C17H22N2O4/c1-22-14-7-3-5-12(15(14)23-2)17(21)19-10-4-6-13(19)16(20)18-11-8-9-11/h3,5,7,11,13H,4,6,8-10H2,1-2H3,(H,18,20). The first-order chi connectivity index (χ1) is 11.2. The fourth-order valence-corrected chi connectivity index (χ4v) is 3.02. The van der Waals surface area contributed by atoms with Crippen molar-refractivity contribution in [2.75, 3.05) is 20.8 Å². The van der Waals surface area contributed by atoms with E-state index in [4.69, 9.17) is 9.47 Å². The lowest BCUT2D eigenvalue weighted by Gasteiger charge is -2.25. The second-order valence-electron chi connectivity index (χ2n) is 5.98. The van der Waals surface area contributed by atoms with E-state index < -0.39 is 0 Å². The number of carbonyl (C=O) groups excluding carboxylic acids is 2. The van der Waals surface area contributed by atoms with Gasteiger partial charge in [-0.25, -0.2) is 0 Å². The zero-order chi connectivity index (χ0) is 16.4. The number of benzene rings is 1. The molecule has 1 aromatic carbocycles. The number of amides is 2. The maximum absolute atomic E-state index is 12.9. The number of likely N-dealkylation sites (tertiary alicyclic amines) is 1. The molecule has 2 fully saturated rings. The normalized spacial score (nSPS) is 20.3. The second kappa shape index (κ2) is 6.48. The highest BCUT2D eigenvalue weighted by Gasteiger charge is 2.37. The van der Waals surface area contributed by atoms with Gasteiger partial charge in [0.05, 0.1) is 19.8 Å². The third-order valence-corrected chi connectivity index (χ3v) is 4.37. The van der Waals surface area contributed by atoms with Gasteiger partial charge in [-0.1, -0.05) is 6.07 Å². The van der Waals surface area contributed by atoms with E-state index in [1.165, 1.54) is 14.2 Å². The van der Waals surface area contributed by atoms with Crippen LogP contribution in [0.2, 0.25) is 0 Å². The zero-order valence-electron chi connectivity index (χ0n) is 13.5. The predicted octanol–water partition coefficient (Wildman–Crippen LogP) is 1.59. The molecular formula is C17H22N2O4. The minimum atomic E-state index is -0.390. The molecule has 6 heteroatoms. The van der Waals surface area contributed by atoms with Crippen LogP contribution in [-0.2, 0) is 4.79 Å². The number of ether oxygens (including phenoxy) is 2. The largest absolute Gasteiger partial charge is 0.493 e. The molecule has 1 saturated carbocycles. The van der Waals surface area contributed by atoms with Crippen molar-refractivity contribution in [3.8, 4) is 11.5 Å². The molecule has 124 valence electrons. The summed E-state index contributed by atoms with van der Waals surface area (Å²) in [5, 5.41) is 2.99. The van der Waals surface area contributed by atoms with Crippen molar-refractivity contribution in [1.82, 2.24) is 10.2 Å². The molecule has 1 atom stereocenters. The van der Waals surface area contributed by atoms with Crippen molar-refractivity contribution in [2.24, 2.45) is 0 Å². The Morgan fingerprint density at radius 1 is 1.17 bits per heavy atom. The van der Waals surface area contributed by atoms with Crippen molar-refractivity contribution in [1.29, 1.82) is 0 Å². The molecule has 0 bridgehead atoms. The van der Waals surface area contributed by atoms with Crippen LogP contribution in [0.15, 0.2) is 18.2 Å². The van der Waals surface area contributed by atoms with Crippen molar-refractivity contribution in [3.05, 3.63) is 23.8 Å². The molecule has 1 N–H and O–H groups in total. The van der Waals surface area contributed by atoms with Crippen LogP contribution < -0.4 is 14.8 Å². The van der Waals surface area contributed by atoms with E-state index in [-0.39, 0.29) is 17.9 Å². The second-order valence-corrected chi connectivity index (χ2v) is 5.98. The Hall–Kier alpha value is -2.24. The van der Waals surface area contributed by atoms with Crippen molar-refractivity contribution in [3.63, 3.8) is 0 Å². The van der Waals surface area contributed by atoms with Crippen molar-refractivity contribution in [2.45, 2.75) is 37.8 Å². The van der Waals surface area contributed by atoms with Gasteiger partial charge in [0.25, 0.3) is 5.91 Å². The van der Waals surface area contributed by atoms with Crippen LogP contribution in [0.5, 0.6) is 11.5 Å². The molecule has 3 rings (SSSR count). The molecule has 1 saturated heterocycles. The Morgan fingerprint density at radius 2 is 1.96 bits per heavy atom. The van der Waals surface area contributed by atoms with Gasteiger partial charge in [-0.2, -0.15) is 0 Å². The minimum absolute atomic E-state index is 0.0415. The van der Waals surface area contributed by atoms with E-state index >= 15 is 0 Å². The first-order valence-electron chi connectivity index (χ1n) is 7.98. The zero-order valence-corrected chi connectivity index (χ0v) is 13.5. The van der Waals surface area contributed by atoms with E-state index in [1.54, 1.807) is 23.1 Å². The van der Waals surface area contributed by atoms with E-state index in [0.717, 1.165) is 19.3 Å². The average molecular weight is 318 g/mol. The average Bonchev–Trinajstić information content (AvgIpc) is 3.25. The Bertz CT molecular complexity index is 613. The van der Waals surface area contributed by atoms with Gasteiger partial charge < -0.3 is 19.7 Å². The SMILES string of the molecule is COc1cccc(C(=O)N2CCCC2C(=O)NC2CC2)c1OC. The fourth-order valence-electron chi connectivity index (χ4n) is 3.02. The summed E-state index contributed by atoms with van der Waals surface area (Å²) in [6.07, 6.45) is 3.61. The molecule has 0 aromatic heterocycles. The van der Waals surface area contributed by atoms with Gasteiger partial charge in [0.1, 0.15) is 6.04 Å². The lowest BCUT2D eigenvalue weighted by atomic mass is 10.1. The molecular weight excluding hydrogens is 296 g/mol. The Morgan fingerprint density at radius 3 is 2.61 bits per heavy atom. The number of rotatable bonds is 5. The first-order valence-corrected chi connectivity index (χ1v) is 7.98. The van der Waals surface area contributed by atoms with E-state index in [0.29, 0.717) is 36.1 Å². The van der Waals surface area contributed by atoms with Gasteiger partial charge >= 0.3 is 0 Å². The summed E-state index contributed by atoms with van der Waals surface area (Å²) < 4.78 is 10.6. The Kier molecular flexibility index (Phi) is 4.41. The number of nitrogens with one attached hydrogen (secondary N) is 1. The molecule has 23 heavy (non-hydrogen) atoms. The van der Waals surface area contributed by atoms with Gasteiger partial charge in [0.15, 0.2) is 11.5 Å². The molecule has 1 heterocycles. The number of hydrogen-bond acceptors (Lipinski definition) is 4. The van der Waals surface area contributed by atoms with E-state index in [9.17, 15) is 9.59 Å². The van der Waals surface area contributed by atoms with Gasteiger partial charge in [-0.15, -0.1) is 0 Å². The lowest BCUT2D eigenvalue weighted by molar-refractivity contribution is -0.125. The smallest absolute Gasteiger partial charge is 0.258 e. The van der Waals surface area contributed by atoms with Crippen LogP contribution in [0.3, 0.4) is 0 Å². The lowest BCUT2D eigenvalue weighted by Crippen LogP contribution is -2.46. The molecule has 1 aliphatic carbocycles. The minimum Gasteiger partial charge on any atom is -0.493 e. The maximum Gasteiger partial charge on any atom is 0.258 e. The van der Waals surface area contributed by atoms with Gasteiger partial charge in [-0.05, 0) is 37.8 Å². The molecule has 6 nitrogen and oxygen atoms in total. The number of hydrogen-bond donors (Lipinski definition) is 1. The van der Waals surface area contributed by atoms with Gasteiger partial charge in [0, 0.05) is 12.6 Å². The summed E-state index contributed by atoms with van der Waals surface area (Å²) in [6, 6.07) is 5.11. The van der Waals surface area contributed by atoms with E-state index in [1.807, 2.05) is 0 Å². The quantitative estimate of drug-likeness (QED) is 0.895. The van der Waals surface area contributed by atoms with Crippen LogP contribution >= 0.6 is 0 Å². The monoisotopic (exact) mass is 318 g/mol. The Labute approximate surface area is 135 Å². The van der Waals surface area contributed by atoms with E-state index in [2.05, 4.69) is 5.32 Å². The van der Waals surface area contributed by atoms with Crippen LogP contribution in [0.1, 0.15) is 36.0 Å². The van der Waals surface area contributed by atoms with Crippen molar-refractivity contribution >= 4 is 11.8 Å². The third-order valence-electron chi connectivity index (χ3n) is 4.37. The highest BCUT2D eigenvalue weighted by molar-refractivity contribution is 6.00. The van der Waals surface area contributed by atoms with Gasteiger partial charge in [0.2, 0.25) is 5.91 Å². The molecule has 0 spiro atoms. The summed E-state index contributed by atoms with van der Waals surface area (Å²) >= 11 is 0. The summed E-state index contributed by atoms with van der Waals surface area (Å²) in [7, 11) is 3.05. The fraction of sp³-hybridized carbons (Fsp3) is 0.529. The molecule has 2 aliphatic rings. The van der Waals surface area contributed by atoms with Crippen molar-refractivity contribution < 1.29 is 19.1 Å². The molecule has 2 amide bonds. The van der Waals surface area contributed by atoms with Crippen LogP contribution in [0.25, 0.3) is 0 Å². The number of para-hydroxylation sites is 1. The number of methoxy groups -OCH3 is 2. The maximum atomic E-state index is 12.9. The summed E-state index contributed by atoms with van der Waals surface area (Å²) in [5.41, 5.74) is 0.429. The predicted molar refractivity (Wildman–Crippen MR) is 84.8 cm³/mol. The highest BCUT2D eigenvalue weighted by Crippen LogP contribution is 2.33. The summed E-state index contributed by atoms with van der Waals surface area (Å²) in [4.78, 5) is 26.9. The molecule has 1 unspecified atom stereocenters.